The first-order valence-corrected chi connectivity index (χ1v) is 16.6. The summed E-state index contributed by atoms with van der Waals surface area (Å²) >= 11 is 0. The topological polar surface area (TPSA) is 114 Å². The maximum atomic E-state index is 14.7. The zero-order valence-corrected chi connectivity index (χ0v) is 28.6. The van der Waals surface area contributed by atoms with Gasteiger partial charge in [-0.1, -0.05) is 67.8 Å². The third kappa shape index (κ3) is 12.5. The van der Waals surface area contributed by atoms with E-state index < -0.39 is 29.7 Å². The molecule has 0 heterocycles. The van der Waals surface area contributed by atoms with Crippen LogP contribution >= 0.6 is 0 Å². The fraction of sp³-hybridized carbons (Fsp3) is 0.190. The lowest BCUT2D eigenvalue weighted by molar-refractivity contribution is -0.139. The number of hydrogen-bond acceptors (Lipinski definition) is 9. The van der Waals surface area contributed by atoms with E-state index in [9.17, 15) is 23.6 Å². The fourth-order valence-corrected chi connectivity index (χ4v) is 4.80. The molecule has 9 nitrogen and oxygen atoms in total. The normalized spacial score (nSPS) is 10.6. The number of halogens is 1. The Morgan fingerprint density at radius 2 is 1.12 bits per heavy atom. The highest BCUT2D eigenvalue weighted by Gasteiger charge is 2.10. The summed E-state index contributed by atoms with van der Waals surface area (Å²) in [5, 5.41) is 0. The molecule has 0 N–H and O–H groups in total. The van der Waals surface area contributed by atoms with Gasteiger partial charge in [0.15, 0.2) is 11.6 Å². The molecule has 268 valence electrons. The Hall–Kier alpha value is -6.29. The summed E-state index contributed by atoms with van der Waals surface area (Å²) in [5.74, 6) is -2.00. The molecule has 0 atom stereocenters. The third-order valence-corrected chi connectivity index (χ3v) is 7.55. The lowest BCUT2D eigenvalue weighted by atomic mass is 10.0. The summed E-state index contributed by atoms with van der Waals surface area (Å²) in [7, 11) is 0. The van der Waals surface area contributed by atoms with Crippen molar-refractivity contribution in [3.05, 3.63) is 139 Å². The van der Waals surface area contributed by atoms with Crippen LogP contribution in [0.15, 0.2) is 122 Å². The predicted octanol–water partition coefficient (Wildman–Crippen LogP) is 8.33. The second kappa shape index (κ2) is 20.4. The Labute approximate surface area is 301 Å². The molecule has 0 aliphatic rings. The number of esters is 4. The van der Waals surface area contributed by atoms with Crippen LogP contribution in [0.2, 0.25) is 0 Å². The van der Waals surface area contributed by atoms with Crippen LogP contribution in [0.25, 0.3) is 28.3 Å². The molecule has 0 bridgehead atoms. The molecule has 4 aromatic rings. The van der Waals surface area contributed by atoms with Gasteiger partial charge in [-0.3, -0.25) is 0 Å². The quantitative estimate of drug-likeness (QED) is 0.0312. The number of hydrogen-bond donors (Lipinski definition) is 0. The minimum Gasteiger partial charge on any atom is -0.491 e. The molecule has 0 fully saturated rings. The smallest absolute Gasteiger partial charge is 0.338 e. The number of benzene rings is 4. The van der Waals surface area contributed by atoms with Crippen molar-refractivity contribution in [2.24, 2.45) is 0 Å². The Kier molecular flexibility index (Phi) is 15.1. The van der Waals surface area contributed by atoms with Crippen molar-refractivity contribution in [3.63, 3.8) is 0 Å². The molecule has 0 aliphatic heterocycles. The van der Waals surface area contributed by atoms with Crippen molar-refractivity contribution in [2.45, 2.75) is 25.7 Å². The molecule has 10 heteroatoms. The van der Waals surface area contributed by atoms with Gasteiger partial charge in [-0.25, -0.2) is 23.6 Å². The molecule has 4 aromatic carbocycles. The minimum absolute atomic E-state index is 0.0602. The first kappa shape index (κ1) is 38.5. The molecule has 0 spiro atoms. The molecular formula is C42H39FO9. The fourth-order valence-electron chi connectivity index (χ4n) is 4.80. The van der Waals surface area contributed by atoms with Crippen LogP contribution < -0.4 is 9.47 Å². The van der Waals surface area contributed by atoms with Crippen molar-refractivity contribution in [2.75, 3.05) is 26.4 Å². The van der Waals surface area contributed by atoms with E-state index in [1.165, 1.54) is 12.1 Å². The lowest BCUT2D eigenvalue weighted by Gasteiger charge is -2.09. The Morgan fingerprint density at radius 3 is 1.75 bits per heavy atom. The molecule has 0 saturated carbocycles. The van der Waals surface area contributed by atoms with Gasteiger partial charge in [-0.15, -0.1) is 0 Å². The van der Waals surface area contributed by atoms with Crippen LogP contribution in [0.4, 0.5) is 4.39 Å². The minimum atomic E-state index is -0.588. The third-order valence-electron chi connectivity index (χ3n) is 7.55. The van der Waals surface area contributed by atoms with Crippen molar-refractivity contribution < 1.29 is 47.3 Å². The summed E-state index contributed by atoms with van der Waals surface area (Å²) in [6, 6.07) is 25.9. The monoisotopic (exact) mass is 706 g/mol. The Morgan fingerprint density at radius 1 is 0.577 bits per heavy atom. The molecule has 0 radical (unpaired) electrons. The van der Waals surface area contributed by atoms with E-state index in [4.69, 9.17) is 23.7 Å². The van der Waals surface area contributed by atoms with Gasteiger partial charge in [-0.05, 0) is 96.0 Å². The summed E-state index contributed by atoms with van der Waals surface area (Å²) in [4.78, 5) is 46.7. The zero-order valence-electron chi connectivity index (χ0n) is 28.6. The van der Waals surface area contributed by atoms with Gasteiger partial charge in [0.05, 0.1) is 18.8 Å². The largest absolute Gasteiger partial charge is 0.491 e. The average Bonchev–Trinajstić information content (AvgIpc) is 3.17. The van der Waals surface area contributed by atoms with Crippen molar-refractivity contribution in [3.8, 4) is 33.8 Å². The van der Waals surface area contributed by atoms with Gasteiger partial charge in [-0.2, -0.15) is 0 Å². The van der Waals surface area contributed by atoms with E-state index in [0.717, 1.165) is 60.1 Å². The average molecular weight is 707 g/mol. The van der Waals surface area contributed by atoms with E-state index >= 15 is 0 Å². The molecule has 0 aliphatic carbocycles. The number of ether oxygens (including phenoxy) is 5. The highest BCUT2D eigenvalue weighted by Crippen LogP contribution is 2.27. The summed E-state index contributed by atoms with van der Waals surface area (Å²) in [6.45, 7) is 7.26. The summed E-state index contributed by atoms with van der Waals surface area (Å²) in [6.07, 6.45) is 8.38. The molecule has 52 heavy (non-hydrogen) atoms. The zero-order chi connectivity index (χ0) is 37.1. The highest BCUT2D eigenvalue weighted by molar-refractivity contribution is 5.90. The van der Waals surface area contributed by atoms with Crippen molar-refractivity contribution in [1.82, 2.24) is 0 Å². The molecular weight excluding hydrogens is 667 g/mol. The van der Waals surface area contributed by atoms with Gasteiger partial charge in [0, 0.05) is 18.2 Å². The van der Waals surface area contributed by atoms with Gasteiger partial charge in [0.2, 0.25) is 0 Å². The van der Waals surface area contributed by atoms with Crippen molar-refractivity contribution in [1.29, 1.82) is 0 Å². The van der Waals surface area contributed by atoms with Crippen LogP contribution in [0.1, 0.15) is 41.6 Å². The van der Waals surface area contributed by atoms with Gasteiger partial charge in [0.25, 0.3) is 0 Å². The molecule has 0 unspecified atom stereocenters. The number of carbonyl (C=O) groups excluding carboxylic acids is 4. The molecule has 0 saturated heterocycles. The second-order valence-corrected chi connectivity index (χ2v) is 11.3. The van der Waals surface area contributed by atoms with Gasteiger partial charge < -0.3 is 23.7 Å². The van der Waals surface area contributed by atoms with Crippen molar-refractivity contribution >= 4 is 30.0 Å². The number of unbranched alkanes of at least 4 members (excludes halogenated alkanes) is 3. The molecule has 0 amide bonds. The van der Waals surface area contributed by atoms with Gasteiger partial charge in [0.1, 0.15) is 19.0 Å². The lowest BCUT2D eigenvalue weighted by Crippen LogP contribution is -2.12. The first-order chi connectivity index (χ1) is 25.2. The number of carbonyl (C=O) groups is 4. The second-order valence-electron chi connectivity index (χ2n) is 11.3. The van der Waals surface area contributed by atoms with Crippen LogP contribution in [-0.4, -0.2) is 50.3 Å². The van der Waals surface area contributed by atoms with Crippen LogP contribution in [0, 0.1) is 5.82 Å². The van der Waals surface area contributed by atoms with E-state index in [2.05, 4.69) is 13.2 Å². The van der Waals surface area contributed by atoms with Crippen LogP contribution in [-0.2, 0) is 28.6 Å². The van der Waals surface area contributed by atoms with E-state index in [-0.39, 0.29) is 19.0 Å². The standard InChI is InChI=1S/C42H39FO9/c1-3-39(44)49-26-8-6-5-7-25-48-38-23-20-35(29-37(38)43)33-12-9-30(10-13-33)11-24-41(46)52-36-21-18-32(19-22-36)31-14-16-34(17-15-31)42(47)51-28-27-50-40(45)4-2/h3-4,9-24,29H,1-2,5-8,25-28H2/b24-11+. The molecule has 4 rings (SSSR count). The Balaban J connectivity index is 1.20. The van der Waals surface area contributed by atoms with E-state index in [1.807, 2.05) is 24.3 Å². The predicted molar refractivity (Wildman–Crippen MR) is 195 cm³/mol. The number of rotatable bonds is 19. The first-order valence-electron chi connectivity index (χ1n) is 16.6. The van der Waals surface area contributed by atoms with Gasteiger partial charge >= 0.3 is 23.9 Å². The van der Waals surface area contributed by atoms with Crippen LogP contribution in [0.3, 0.4) is 0 Å². The maximum absolute atomic E-state index is 14.7. The van der Waals surface area contributed by atoms with E-state index in [1.54, 1.807) is 66.7 Å². The summed E-state index contributed by atoms with van der Waals surface area (Å²) < 4.78 is 40.6. The van der Waals surface area contributed by atoms with E-state index in [0.29, 0.717) is 30.1 Å². The maximum Gasteiger partial charge on any atom is 0.338 e. The molecule has 0 aromatic heterocycles. The van der Waals surface area contributed by atoms with Crippen LogP contribution in [0.5, 0.6) is 11.5 Å². The SMILES string of the molecule is C=CC(=O)OCCCCCCOc1ccc(-c2ccc(/C=C/C(=O)Oc3ccc(-c4ccc(C(=O)OCCOC(=O)C=C)cc4)cc3)cc2)cc1F. The summed E-state index contributed by atoms with van der Waals surface area (Å²) in [5.41, 5.74) is 4.30. The Bertz CT molecular complexity index is 1860. The highest BCUT2D eigenvalue weighted by atomic mass is 19.1.